The topological polar surface area (TPSA) is 165 Å². The Morgan fingerprint density at radius 3 is 2.30 bits per heavy atom. The summed E-state index contributed by atoms with van der Waals surface area (Å²) in [5.41, 5.74) is -9.08. The molecule has 3 fully saturated rings. The van der Waals surface area contributed by atoms with E-state index in [9.17, 15) is 40.2 Å². The molecule has 3 saturated carbocycles. The number of allylic oxidation sites excluding steroid dienone is 1. The molecular weight excluding hydrogens is 480 g/mol. The average molecular weight is 521 g/mol. The van der Waals surface area contributed by atoms with Crippen LogP contribution in [-0.2, 0) is 14.3 Å². The number of carbonyl (C=O) groups excluding carboxylic acids is 2. The lowest BCUT2D eigenvalue weighted by Gasteiger charge is -2.67. The van der Waals surface area contributed by atoms with Crippen LogP contribution in [0.2, 0.25) is 0 Å². The van der Waals surface area contributed by atoms with Crippen molar-refractivity contribution in [1.29, 1.82) is 0 Å². The second-order valence-electron chi connectivity index (χ2n) is 13.0. The van der Waals surface area contributed by atoms with E-state index in [2.05, 4.69) is 0 Å². The van der Waals surface area contributed by atoms with Crippen LogP contribution in [0.4, 0.5) is 0 Å². The lowest BCUT2D eigenvalue weighted by atomic mass is 9.40. The maximum absolute atomic E-state index is 13.3. The molecule has 1 heterocycles. The third kappa shape index (κ3) is 2.85. The molecule has 1 unspecified atom stereocenters. The summed E-state index contributed by atoms with van der Waals surface area (Å²) in [6.07, 6.45) is -0.766. The third-order valence-corrected chi connectivity index (χ3v) is 11.9. The van der Waals surface area contributed by atoms with Crippen LogP contribution in [-0.4, -0.2) is 83.1 Å². The van der Waals surface area contributed by atoms with E-state index in [1.807, 2.05) is 0 Å². The highest BCUT2D eigenvalue weighted by Gasteiger charge is 2.79. The SMILES string of the molecule is CC1=C(C)C(=O)O[C@H]([C@](C)(O)[C@]2(O)CC[C@@]3(O)[C@@H]4C[C@H](O)[C@]5(O)C(O)C=CC(=O)[C@]5(C)[C@H]4CC[C@]23C)C1. The smallest absolute Gasteiger partial charge is 0.334 e. The molecule has 0 aromatic carbocycles. The van der Waals surface area contributed by atoms with Crippen molar-refractivity contribution in [2.24, 2.45) is 22.7 Å². The molecule has 9 nitrogen and oxygen atoms in total. The highest BCUT2D eigenvalue weighted by Crippen LogP contribution is 2.71. The maximum Gasteiger partial charge on any atom is 0.334 e. The highest BCUT2D eigenvalue weighted by atomic mass is 16.6. The zero-order chi connectivity index (χ0) is 27.6. The predicted molar refractivity (Wildman–Crippen MR) is 131 cm³/mol. The predicted octanol–water partition coefficient (Wildman–Crippen LogP) is 0.680. The van der Waals surface area contributed by atoms with Gasteiger partial charge in [0.15, 0.2) is 5.78 Å². The molecule has 5 rings (SSSR count). The standard InChI is InChI=1S/C28H40O9/c1-14-12-21(37-22(32)15(14)2)25(5,33)27(35)11-10-26(34)17-13-20(31)28(36)19(30)7-6-18(29)24(28,4)16(17)8-9-23(26,27)3/h6-7,16-17,19-21,30-31,33-36H,8-13H2,1-5H3/t16-,17+,19?,20-,21-,23-,24-,25-,26+,27-,28+/m0/s1. The van der Waals surface area contributed by atoms with Gasteiger partial charge in [-0.1, -0.05) is 12.5 Å². The molecular formula is C28H40O9. The van der Waals surface area contributed by atoms with E-state index in [1.165, 1.54) is 19.1 Å². The molecule has 5 aliphatic rings. The van der Waals surface area contributed by atoms with Crippen LogP contribution >= 0.6 is 0 Å². The van der Waals surface area contributed by atoms with Gasteiger partial charge in [-0.2, -0.15) is 0 Å². The van der Waals surface area contributed by atoms with Gasteiger partial charge >= 0.3 is 5.97 Å². The number of ether oxygens (including phenoxy) is 1. The molecule has 0 aromatic heterocycles. The van der Waals surface area contributed by atoms with Crippen LogP contribution in [0.15, 0.2) is 23.3 Å². The van der Waals surface area contributed by atoms with Gasteiger partial charge in [-0.3, -0.25) is 4.79 Å². The van der Waals surface area contributed by atoms with Gasteiger partial charge in [0.25, 0.3) is 0 Å². The minimum Gasteiger partial charge on any atom is -0.455 e. The first-order valence-electron chi connectivity index (χ1n) is 13.3. The highest BCUT2D eigenvalue weighted by molar-refractivity contribution is 5.97. The van der Waals surface area contributed by atoms with E-state index in [0.29, 0.717) is 12.0 Å². The molecule has 6 N–H and O–H groups in total. The Morgan fingerprint density at radius 2 is 1.68 bits per heavy atom. The summed E-state index contributed by atoms with van der Waals surface area (Å²) in [4.78, 5) is 25.7. The third-order valence-electron chi connectivity index (χ3n) is 11.9. The average Bonchev–Trinajstić information content (AvgIpc) is 3.06. The summed E-state index contributed by atoms with van der Waals surface area (Å²) in [5.74, 6) is -2.26. The molecule has 0 aromatic rings. The second-order valence-corrected chi connectivity index (χ2v) is 13.0. The quantitative estimate of drug-likeness (QED) is 0.287. The fourth-order valence-corrected chi connectivity index (χ4v) is 9.03. The Kier molecular flexibility index (Phi) is 5.64. The Morgan fingerprint density at radius 1 is 1.03 bits per heavy atom. The molecule has 1 aliphatic heterocycles. The number of carbonyl (C=O) groups is 2. The Bertz CT molecular complexity index is 1110. The van der Waals surface area contributed by atoms with Crippen LogP contribution in [0.25, 0.3) is 0 Å². The van der Waals surface area contributed by atoms with Crippen molar-refractivity contribution in [1.82, 2.24) is 0 Å². The minimum atomic E-state index is -2.11. The van der Waals surface area contributed by atoms with Crippen LogP contribution < -0.4 is 0 Å². The number of aliphatic hydroxyl groups excluding tert-OH is 2. The molecule has 0 bridgehead atoms. The van der Waals surface area contributed by atoms with E-state index in [1.54, 1.807) is 27.7 Å². The monoisotopic (exact) mass is 520 g/mol. The van der Waals surface area contributed by atoms with Crippen molar-refractivity contribution in [3.63, 3.8) is 0 Å². The van der Waals surface area contributed by atoms with E-state index in [0.717, 1.165) is 5.57 Å². The Balaban J connectivity index is 1.56. The van der Waals surface area contributed by atoms with Gasteiger partial charge in [-0.15, -0.1) is 0 Å². The van der Waals surface area contributed by atoms with Gasteiger partial charge in [0.1, 0.15) is 29.0 Å². The first kappa shape index (κ1) is 27.0. The number of fused-ring (bicyclic) bond motifs is 5. The van der Waals surface area contributed by atoms with Crippen LogP contribution in [0, 0.1) is 22.7 Å². The van der Waals surface area contributed by atoms with Gasteiger partial charge < -0.3 is 35.4 Å². The van der Waals surface area contributed by atoms with Crippen molar-refractivity contribution < 1.29 is 45.0 Å². The summed E-state index contributed by atoms with van der Waals surface area (Å²) in [6.45, 7) is 8.16. The van der Waals surface area contributed by atoms with Crippen molar-refractivity contribution >= 4 is 11.8 Å². The fraction of sp³-hybridized carbons (Fsp3) is 0.786. The summed E-state index contributed by atoms with van der Waals surface area (Å²) in [6, 6.07) is 0. The number of cyclic esters (lactones) is 1. The molecule has 37 heavy (non-hydrogen) atoms. The van der Waals surface area contributed by atoms with Crippen LogP contribution in [0.1, 0.15) is 73.1 Å². The van der Waals surface area contributed by atoms with Crippen molar-refractivity contribution in [2.75, 3.05) is 0 Å². The molecule has 0 spiro atoms. The van der Waals surface area contributed by atoms with Crippen molar-refractivity contribution in [2.45, 2.75) is 114 Å². The lowest BCUT2D eigenvalue weighted by Crippen LogP contribution is -2.77. The molecule has 0 saturated heterocycles. The lowest BCUT2D eigenvalue weighted by molar-refractivity contribution is -0.308. The molecule has 0 radical (unpaired) electrons. The first-order chi connectivity index (χ1) is 16.9. The van der Waals surface area contributed by atoms with Gasteiger partial charge in [-0.05, 0) is 83.8 Å². The minimum absolute atomic E-state index is 0.0135. The van der Waals surface area contributed by atoms with E-state index in [4.69, 9.17) is 4.74 Å². The van der Waals surface area contributed by atoms with Gasteiger partial charge in [-0.25, -0.2) is 4.79 Å². The first-order valence-corrected chi connectivity index (χ1v) is 13.3. The zero-order valence-electron chi connectivity index (χ0n) is 22.2. The maximum atomic E-state index is 13.3. The second kappa shape index (κ2) is 7.73. The zero-order valence-corrected chi connectivity index (χ0v) is 22.2. The van der Waals surface area contributed by atoms with Gasteiger partial charge in [0, 0.05) is 17.4 Å². The number of esters is 1. The summed E-state index contributed by atoms with van der Waals surface area (Å²) in [7, 11) is 0. The van der Waals surface area contributed by atoms with Crippen molar-refractivity contribution in [3.05, 3.63) is 23.3 Å². The number of ketones is 1. The largest absolute Gasteiger partial charge is 0.455 e. The van der Waals surface area contributed by atoms with Gasteiger partial charge in [0.2, 0.25) is 0 Å². The molecule has 206 valence electrons. The summed E-state index contributed by atoms with van der Waals surface area (Å²) in [5, 5.41) is 70.0. The van der Waals surface area contributed by atoms with E-state index in [-0.39, 0.29) is 32.1 Å². The molecule has 4 aliphatic carbocycles. The van der Waals surface area contributed by atoms with E-state index < -0.39 is 75.1 Å². The van der Waals surface area contributed by atoms with Crippen molar-refractivity contribution in [3.8, 4) is 0 Å². The fourth-order valence-electron chi connectivity index (χ4n) is 9.03. The molecule has 0 amide bonds. The molecule has 9 heteroatoms. The molecule has 11 atom stereocenters. The summed E-state index contributed by atoms with van der Waals surface area (Å²) < 4.78 is 5.58. The number of rotatable bonds is 2. The normalized spacial score (nSPS) is 53.2. The number of hydrogen-bond acceptors (Lipinski definition) is 9. The number of hydrogen-bond donors (Lipinski definition) is 6. The Hall–Kier alpha value is -1.62. The van der Waals surface area contributed by atoms with Crippen LogP contribution in [0.5, 0.6) is 0 Å². The number of aliphatic hydroxyl groups is 6. The summed E-state index contributed by atoms with van der Waals surface area (Å²) >= 11 is 0. The van der Waals surface area contributed by atoms with Gasteiger partial charge in [0.05, 0.1) is 17.1 Å². The van der Waals surface area contributed by atoms with E-state index >= 15 is 0 Å². The van der Waals surface area contributed by atoms with Crippen LogP contribution in [0.3, 0.4) is 0 Å². The Labute approximate surface area is 216 Å².